The van der Waals surface area contributed by atoms with E-state index in [2.05, 4.69) is 6.92 Å². The van der Waals surface area contributed by atoms with Crippen molar-refractivity contribution in [3.8, 4) is 0 Å². The first-order valence-electron chi connectivity index (χ1n) is 9.48. The van der Waals surface area contributed by atoms with E-state index >= 15 is 0 Å². The topological polar surface area (TPSA) is 74.6 Å². The van der Waals surface area contributed by atoms with Crippen LogP contribution in [0.5, 0.6) is 0 Å². The van der Waals surface area contributed by atoms with E-state index in [-0.39, 0.29) is 31.7 Å². The quantitative estimate of drug-likeness (QED) is 0.236. The normalized spacial score (nSPS) is 11.1. The number of rotatable bonds is 16. The van der Waals surface area contributed by atoms with Crippen molar-refractivity contribution in [3.63, 3.8) is 0 Å². The van der Waals surface area contributed by atoms with E-state index in [9.17, 15) is 19.8 Å². The third-order valence-corrected chi connectivity index (χ3v) is 4.73. The Labute approximate surface area is 160 Å². The molecule has 0 heterocycles. The van der Waals surface area contributed by atoms with Crippen molar-refractivity contribution in [1.82, 2.24) is 0 Å². The van der Waals surface area contributed by atoms with Gasteiger partial charge in [0.25, 0.3) is 0 Å². The molecule has 0 saturated carbocycles. The van der Waals surface area contributed by atoms with Crippen LogP contribution in [0.3, 0.4) is 0 Å². The maximum atomic E-state index is 11.5. The van der Waals surface area contributed by atoms with Gasteiger partial charge in [0.05, 0.1) is 0 Å². The molecular formula is C19H37LiO4. The molecular weight excluding hydrogens is 299 g/mol. The zero-order valence-corrected chi connectivity index (χ0v) is 15.1. The summed E-state index contributed by atoms with van der Waals surface area (Å²) in [7, 11) is 0. The Morgan fingerprint density at radius 2 is 0.958 bits per heavy atom. The first kappa shape index (κ1) is 25.8. The van der Waals surface area contributed by atoms with Crippen LogP contribution in [-0.4, -0.2) is 41.0 Å². The molecule has 0 aliphatic heterocycles. The first-order chi connectivity index (χ1) is 11.0. The minimum atomic E-state index is -1.57. The van der Waals surface area contributed by atoms with E-state index in [1.807, 2.05) is 6.92 Å². The SMILES string of the molecule is CCCCCCCCCCCCC(CCCC)(C(=O)O)C(=O)O.[LiH]. The first-order valence-corrected chi connectivity index (χ1v) is 9.48. The molecule has 0 aromatic carbocycles. The molecule has 4 nitrogen and oxygen atoms in total. The predicted molar refractivity (Wildman–Crippen MR) is 101 cm³/mol. The van der Waals surface area contributed by atoms with Crippen LogP contribution in [0.2, 0.25) is 0 Å². The van der Waals surface area contributed by atoms with Crippen molar-refractivity contribution in [3.05, 3.63) is 0 Å². The fourth-order valence-corrected chi connectivity index (χ4v) is 3.04. The number of hydrogen-bond acceptors (Lipinski definition) is 2. The second-order valence-corrected chi connectivity index (χ2v) is 6.73. The summed E-state index contributed by atoms with van der Waals surface area (Å²) >= 11 is 0. The molecule has 0 aromatic rings. The molecule has 0 rings (SSSR count). The fraction of sp³-hybridized carbons (Fsp3) is 0.895. The van der Waals surface area contributed by atoms with Crippen molar-refractivity contribution in [2.45, 2.75) is 104 Å². The monoisotopic (exact) mass is 336 g/mol. The van der Waals surface area contributed by atoms with Gasteiger partial charge in [0, 0.05) is 0 Å². The van der Waals surface area contributed by atoms with Crippen molar-refractivity contribution >= 4 is 30.8 Å². The number of unbranched alkanes of at least 4 members (excludes halogenated alkanes) is 10. The summed E-state index contributed by atoms with van der Waals surface area (Å²) in [4.78, 5) is 23.0. The number of carbonyl (C=O) groups is 2. The van der Waals surface area contributed by atoms with Crippen molar-refractivity contribution in [2.24, 2.45) is 5.41 Å². The van der Waals surface area contributed by atoms with Gasteiger partial charge in [0.15, 0.2) is 5.41 Å². The minimum absolute atomic E-state index is 0. The fourth-order valence-electron chi connectivity index (χ4n) is 3.04. The Kier molecular flexibility index (Phi) is 17.2. The zero-order chi connectivity index (χ0) is 17.6. The second kappa shape index (κ2) is 16.0. The van der Waals surface area contributed by atoms with Crippen LogP contribution in [0.15, 0.2) is 0 Å². The maximum absolute atomic E-state index is 11.5. The molecule has 0 aliphatic carbocycles. The van der Waals surface area contributed by atoms with Crippen LogP contribution in [0.1, 0.15) is 104 Å². The summed E-state index contributed by atoms with van der Waals surface area (Å²) in [5.74, 6) is -2.34. The van der Waals surface area contributed by atoms with Gasteiger partial charge >= 0.3 is 30.8 Å². The van der Waals surface area contributed by atoms with E-state index in [0.717, 1.165) is 19.3 Å². The summed E-state index contributed by atoms with van der Waals surface area (Å²) < 4.78 is 0. The molecule has 0 bridgehead atoms. The summed E-state index contributed by atoms with van der Waals surface area (Å²) in [6, 6.07) is 0. The predicted octanol–water partition coefficient (Wildman–Crippen LogP) is 4.99. The summed E-state index contributed by atoms with van der Waals surface area (Å²) in [6.45, 7) is 4.17. The molecule has 0 atom stereocenters. The molecule has 0 radical (unpaired) electrons. The number of hydrogen-bond donors (Lipinski definition) is 2. The number of carboxylic acid groups (broad SMARTS) is 2. The van der Waals surface area contributed by atoms with Crippen LogP contribution < -0.4 is 0 Å². The van der Waals surface area contributed by atoms with Gasteiger partial charge in [-0.25, -0.2) is 0 Å². The molecule has 0 aromatic heterocycles. The Hall–Kier alpha value is -0.463. The van der Waals surface area contributed by atoms with Gasteiger partial charge in [-0.2, -0.15) is 0 Å². The van der Waals surface area contributed by atoms with E-state index in [1.54, 1.807) is 0 Å². The molecule has 0 spiro atoms. The molecule has 2 N–H and O–H groups in total. The Morgan fingerprint density at radius 1 is 0.625 bits per heavy atom. The molecule has 0 amide bonds. The van der Waals surface area contributed by atoms with Gasteiger partial charge in [0.2, 0.25) is 0 Å². The summed E-state index contributed by atoms with van der Waals surface area (Å²) in [6.07, 6.45) is 13.6. The van der Waals surface area contributed by atoms with Crippen LogP contribution in [0.4, 0.5) is 0 Å². The summed E-state index contributed by atoms with van der Waals surface area (Å²) in [5, 5.41) is 18.8. The van der Waals surface area contributed by atoms with E-state index in [1.165, 1.54) is 44.9 Å². The number of carboxylic acids is 2. The van der Waals surface area contributed by atoms with Crippen LogP contribution in [-0.2, 0) is 9.59 Å². The van der Waals surface area contributed by atoms with Crippen LogP contribution in [0.25, 0.3) is 0 Å². The Morgan fingerprint density at radius 3 is 1.33 bits per heavy atom. The average Bonchev–Trinajstić information content (AvgIpc) is 2.51. The Bertz CT molecular complexity index is 317. The molecule has 0 aliphatic rings. The van der Waals surface area contributed by atoms with Gasteiger partial charge < -0.3 is 10.2 Å². The van der Waals surface area contributed by atoms with Crippen molar-refractivity contribution in [1.29, 1.82) is 0 Å². The van der Waals surface area contributed by atoms with E-state index in [0.29, 0.717) is 12.8 Å². The third-order valence-electron chi connectivity index (χ3n) is 4.73. The third kappa shape index (κ3) is 10.4. The molecule has 0 fully saturated rings. The molecule has 138 valence electrons. The van der Waals surface area contributed by atoms with Gasteiger partial charge in [0.1, 0.15) is 0 Å². The second-order valence-electron chi connectivity index (χ2n) is 6.73. The average molecular weight is 336 g/mol. The molecule has 0 saturated heterocycles. The van der Waals surface area contributed by atoms with Crippen LogP contribution in [0, 0.1) is 5.41 Å². The van der Waals surface area contributed by atoms with Crippen molar-refractivity contribution < 1.29 is 19.8 Å². The number of aliphatic carboxylic acids is 2. The van der Waals surface area contributed by atoms with Crippen molar-refractivity contribution in [2.75, 3.05) is 0 Å². The standard InChI is InChI=1S/C19H36O4.Li.H/c1-3-5-7-8-9-10-11-12-13-14-16-19(17(20)21,18(22)23)15-6-4-2;;/h3-16H2,1-2H3,(H,20,21)(H,22,23);;. The molecule has 24 heavy (non-hydrogen) atoms. The van der Waals surface area contributed by atoms with Crippen LogP contribution >= 0.6 is 0 Å². The van der Waals surface area contributed by atoms with E-state index in [4.69, 9.17) is 0 Å². The van der Waals surface area contributed by atoms with Gasteiger partial charge in [-0.05, 0) is 12.8 Å². The van der Waals surface area contributed by atoms with Gasteiger partial charge in [-0.15, -0.1) is 0 Å². The molecule has 0 unspecified atom stereocenters. The van der Waals surface area contributed by atoms with Gasteiger partial charge in [-0.1, -0.05) is 90.9 Å². The van der Waals surface area contributed by atoms with Gasteiger partial charge in [-0.3, -0.25) is 9.59 Å². The zero-order valence-electron chi connectivity index (χ0n) is 15.1. The molecule has 5 heteroatoms. The Balaban J connectivity index is 0. The summed E-state index contributed by atoms with van der Waals surface area (Å²) in [5.41, 5.74) is -1.57. The van der Waals surface area contributed by atoms with E-state index < -0.39 is 17.4 Å².